The number of nitrogens with zero attached hydrogens (tertiary/aromatic N) is 3. The number of carbonyl (C=O) groups is 2. The van der Waals surface area contributed by atoms with E-state index in [2.05, 4.69) is 14.6 Å². The second kappa shape index (κ2) is 11.7. The van der Waals surface area contributed by atoms with Crippen LogP contribution in [0.3, 0.4) is 0 Å². The lowest BCUT2D eigenvalue weighted by molar-refractivity contribution is -0.286. The lowest BCUT2D eigenvalue weighted by Crippen LogP contribution is -2.26. The molecule has 240 valence electrons. The summed E-state index contributed by atoms with van der Waals surface area (Å²) < 4.78 is 90.9. The SMILES string of the molecule is CCOC(=O)c1cccc(O[C@H]2CCCc3c(C(F)(F)F)nn(-c4cccc(C(=O)N(C)c5ccc6c(c5)OC(F)(F)O6)c4)c32)c1. The quantitative estimate of drug-likeness (QED) is 0.156. The summed E-state index contributed by atoms with van der Waals surface area (Å²) in [6.45, 7) is 1.84. The fraction of sp³-hybridized carbons (Fsp3) is 0.281. The van der Waals surface area contributed by atoms with Crippen molar-refractivity contribution < 1.29 is 50.5 Å². The largest absolute Gasteiger partial charge is 0.586 e. The molecule has 1 amide bonds. The number of ether oxygens (including phenoxy) is 4. The van der Waals surface area contributed by atoms with Gasteiger partial charge in [-0.25, -0.2) is 9.48 Å². The second-order valence-corrected chi connectivity index (χ2v) is 10.6. The molecule has 0 fully saturated rings. The zero-order valence-electron chi connectivity index (χ0n) is 24.4. The first-order valence-electron chi connectivity index (χ1n) is 14.3. The minimum atomic E-state index is -4.76. The molecule has 2 heterocycles. The smallest absolute Gasteiger partial charge is 0.484 e. The van der Waals surface area contributed by atoms with E-state index in [0.29, 0.717) is 12.8 Å². The summed E-state index contributed by atoms with van der Waals surface area (Å²) in [5.74, 6) is -1.32. The van der Waals surface area contributed by atoms with E-state index in [9.17, 15) is 31.5 Å². The van der Waals surface area contributed by atoms with Crippen LogP contribution in [0.2, 0.25) is 0 Å². The molecule has 1 aromatic heterocycles. The van der Waals surface area contributed by atoms with Crippen LogP contribution >= 0.6 is 0 Å². The van der Waals surface area contributed by atoms with Gasteiger partial charge < -0.3 is 23.8 Å². The molecule has 14 heteroatoms. The van der Waals surface area contributed by atoms with Crippen LogP contribution in [0.4, 0.5) is 27.6 Å². The molecule has 1 atom stereocenters. The Hall–Kier alpha value is -5.14. The van der Waals surface area contributed by atoms with Crippen molar-refractivity contribution in [1.29, 1.82) is 0 Å². The summed E-state index contributed by atoms with van der Waals surface area (Å²) in [5.41, 5.74) is -0.187. The number of aromatic nitrogens is 2. The third-order valence-corrected chi connectivity index (χ3v) is 7.53. The maximum absolute atomic E-state index is 14.2. The second-order valence-electron chi connectivity index (χ2n) is 10.6. The normalized spacial score (nSPS) is 16.5. The number of benzene rings is 3. The van der Waals surface area contributed by atoms with Gasteiger partial charge >= 0.3 is 18.4 Å². The van der Waals surface area contributed by atoms with Crippen LogP contribution in [0.1, 0.15) is 63.5 Å². The Morgan fingerprint density at radius 3 is 2.52 bits per heavy atom. The van der Waals surface area contributed by atoms with Crippen LogP contribution in [0.15, 0.2) is 66.7 Å². The van der Waals surface area contributed by atoms with Gasteiger partial charge in [0, 0.05) is 29.9 Å². The zero-order valence-corrected chi connectivity index (χ0v) is 24.4. The Morgan fingerprint density at radius 1 is 1.02 bits per heavy atom. The molecule has 9 nitrogen and oxygen atoms in total. The summed E-state index contributed by atoms with van der Waals surface area (Å²) in [6.07, 6.45) is -8.58. The van der Waals surface area contributed by atoms with Crippen molar-refractivity contribution in [3.63, 3.8) is 0 Å². The van der Waals surface area contributed by atoms with Gasteiger partial charge in [-0.2, -0.15) is 18.3 Å². The summed E-state index contributed by atoms with van der Waals surface area (Å²) in [7, 11) is 1.41. The molecule has 0 radical (unpaired) electrons. The van der Waals surface area contributed by atoms with Gasteiger partial charge in [0.15, 0.2) is 17.2 Å². The summed E-state index contributed by atoms with van der Waals surface area (Å²) in [4.78, 5) is 26.9. The van der Waals surface area contributed by atoms with Gasteiger partial charge in [-0.05, 0) is 74.7 Å². The highest BCUT2D eigenvalue weighted by molar-refractivity contribution is 6.06. The zero-order chi connectivity index (χ0) is 32.8. The molecule has 3 aromatic carbocycles. The van der Waals surface area contributed by atoms with Crippen molar-refractivity contribution in [1.82, 2.24) is 9.78 Å². The number of rotatable bonds is 7. The summed E-state index contributed by atoms with van der Waals surface area (Å²) >= 11 is 0. The van der Waals surface area contributed by atoms with Crippen LogP contribution < -0.4 is 19.1 Å². The van der Waals surface area contributed by atoms with Gasteiger partial charge in [-0.3, -0.25) is 4.79 Å². The van der Waals surface area contributed by atoms with E-state index in [1.165, 1.54) is 60.5 Å². The Morgan fingerprint density at radius 2 is 1.76 bits per heavy atom. The monoisotopic (exact) mass is 643 g/mol. The molecule has 0 bridgehead atoms. The Kier molecular flexibility index (Phi) is 7.82. The van der Waals surface area contributed by atoms with Crippen molar-refractivity contribution >= 4 is 17.6 Å². The van der Waals surface area contributed by atoms with Crippen molar-refractivity contribution in [2.45, 2.75) is 44.8 Å². The number of anilines is 1. The molecule has 0 saturated carbocycles. The first kappa shape index (κ1) is 30.9. The van der Waals surface area contributed by atoms with Gasteiger partial charge in [0.1, 0.15) is 11.9 Å². The number of halogens is 5. The predicted octanol–water partition coefficient (Wildman–Crippen LogP) is 7.12. The van der Waals surface area contributed by atoms with E-state index in [4.69, 9.17) is 9.47 Å². The molecule has 1 aliphatic carbocycles. The van der Waals surface area contributed by atoms with E-state index in [0.717, 1.165) is 4.68 Å². The fourth-order valence-electron chi connectivity index (χ4n) is 5.48. The lowest BCUT2D eigenvalue weighted by Gasteiger charge is -2.26. The minimum Gasteiger partial charge on any atom is -0.484 e. The molecule has 2 aliphatic rings. The third kappa shape index (κ3) is 5.94. The molecule has 0 spiro atoms. The Labute approximate surface area is 259 Å². The molecule has 0 saturated heterocycles. The molecule has 1 aliphatic heterocycles. The molecular weight excluding hydrogens is 617 g/mol. The number of amides is 1. The fourth-order valence-corrected chi connectivity index (χ4v) is 5.48. The number of alkyl halides is 5. The van der Waals surface area contributed by atoms with Crippen molar-refractivity contribution in [3.8, 4) is 22.9 Å². The first-order valence-corrected chi connectivity index (χ1v) is 14.3. The molecule has 46 heavy (non-hydrogen) atoms. The summed E-state index contributed by atoms with van der Waals surface area (Å²) in [5, 5.41) is 3.96. The number of esters is 1. The number of carbonyl (C=O) groups excluding carboxylic acids is 2. The van der Waals surface area contributed by atoms with E-state index >= 15 is 0 Å². The van der Waals surface area contributed by atoms with Crippen LogP contribution in [0.5, 0.6) is 17.2 Å². The molecule has 6 rings (SSSR count). The number of fused-ring (bicyclic) bond motifs is 2. The van der Waals surface area contributed by atoms with Crippen molar-refractivity contribution in [3.05, 3.63) is 94.8 Å². The third-order valence-electron chi connectivity index (χ3n) is 7.53. The highest BCUT2D eigenvalue weighted by Gasteiger charge is 2.44. The van der Waals surface area contributed by atoms with Gasteiger partial charge in [-0.1, -0.05) is 12.1 Å². The average molecular weight is 644 g/mol. The van der Waals surface area contributed by atoms with Crippen LogP contribution in [-0.2, 0) is 17.3 Å². The highest BCUT2D eigenvalue weighted by atomic mass is 19.4. The molecule has 0 N–H and O–H groups in total. The maximum atomic E-state index is 14.2. The van der Waals surface area contributed by atoms with Crippen LogP contribution in [-0.4, -0.2) is 41.6 Å². The minimum absolute atomic E-state index is 0.0173. The van der Waals surface area contributed by atoms with Gasteiger partial charge in [0.2, 0.25) is 0 Å². The Bertz CT molecular complexity index is 1820. The standard InChI is InChI=1S/C32H26F5N3O6/c1-3-43-30(42)19-8-5-10-22(16-19)44-25-12-6-11-23-27(25)40(38-28(23)31(33,34)35)21-9-4-7-18(15-21)29(41)39(2)20-13-14-24-26(17-20)46-32(36,37)45-24/h4-5,7-10,13-17,25H,3,6,11-12H2,1-2H3/t25-/m0/s1. The van der Waals surface area contributed by atoms with E-state index in [1.807, 2.05) is 0 Å². The molecular formula is C32H26F5N3O6. The lowest BCUT2D eigenvalue weighted by atomic mass is 9.92. The van der Waals surface area contributed by atoms with E-state index in [-0.39, 0.29) is 64.0 Å². The first-order chi connectivity index (χ1) is 21.8. The Balaban J connectivity index is 1.34. The van der Waals surface area contributed by atoms with Gasteiger partial charge in [0.05, 0.1) is 23.6 Å². The number of hydrogen-bond donors (Lipinski definition) is 0. The maximum Gasteiger partial charge on any atom is 0.586 e. The van der Waals surface area contributed by atoms with Crippen LogP contribution in [0.25, 0.3) is 5.69 Å². The van der Waals surface area contributed by atoms with Crippen molar-refractivity contribution in [2.75, 3.05) is 18.6 Å². The van der Waals surface area contributed by atoms with Crippen molar-refractivity contribution in [2.24, 2.45) is 0 Å². The van der Waals surface area contributed by atoms with E-state index in [1.54, 1.807) is 25.1 Å². The molecule has 4 aromatic rings. The van der Waals surface area contributed by atoms with Gasteiger partial charge in [-0.15, -0.1) is 8.78 Å². The highest BCUT2D eigenvalue weighted by Crippen LogP contribution is 2.44. The van der Waals surface area contributed by atoms with Gasteiger partial charge in [0.25, 0.3) is 5.91 Å². The average Bonchev–Trinajstić information content (AvgIpc) is 3.57. The van der Waals surface area contributed by atoms with Crippen LogP contribution in [0, 0.1) is 0 Å². The molecule has 0 unspecified atom stereocenters. The van der Waals surface area contributed by atoms with E-state index < -0.39 is 36.1 Å². The predicted molar refractivity (Wildman–Crippen MR) is 153 cm³/mol. The number of hydrogen-bond acceptors (Lipinski definition) is 7. The topological polar surface area (TPSA) is 92.1 Å². The summed E-state index contributed by atoms with van der Waals surface area (Å²) in [6, 6.07) is 15.9.